The second-order valence-electron chi connectivity index (χ2n) is 3.93. The fourth-order valence-corrected chi connectivity index (χ4v) is 1.27. The third kappa shape index (κ3) is 4.24. The highest BCUT2D eigenvalue weighted by atomic mass is 32.2. The SMILES string of the molecule is NS(=O)(=O)C(F)(F)C(F)(F)OC(F)(C(F)(F)F)C(F)(F)OC(F)=C(F)F. The highest BCUT2D eigenvalue weighted by Crippen LogP contribution is 2.53. The minimum absolute atomic E-state index is 1.58. The maximum atomic E-state index is 13.4. The largest absolute Gasteiger partial charge is 0.471 e. The molecule has 0 rings (SSSR count). The summed E-state index contributed by atoms with van der Waals surface area (Å²) in [6, 6.07) is -3.92. The Labute approximate surface area is 133 Å². The molecule has 0 saturated heterocycles. The fourth-order valence-electron chi connectivity index (χ4n) is 0.901. The first-order valence-electron chi connectivity index (χ1n) is 5.05. The van der Waals surface area contributed by atoms with Gasteiger partial charge in [0, 0.05) is 0 Å². The molecule has 0 aromatic rings. The van der Waals surface area contributed by atoms with Crippen LogP contribution in [0.2, 0.25) is 0 Å². The lowest BCUT2D eigenvalue weighted by atomic mass is 10.2. The third-order valence-electron chi connectivity index (χ3n) is 2.07. The summed E-state index contributed by atoms with van der Waals surface area (Å²) in [7, 11) is -6.89. The van der Waals surface area contributed by atoms with Gasteiger partial charge in [-0.15, -0.1) is 0 Å². The van der Waals surface area contributed by atoms with E-state index in [4.69, 9.17) is 0 Å². The van der Waals surface area contributed by atoms with Crippen molar-refractivity contribution in [3.05, 3.63) is 12.1 Å². The van der Waals surface area contributed by atoms with Crippen LogP contribution in [0.1, 0.15) is 0 Å². The Balaban J connectivity index is 6.35. The number of hydrogen-bond acceptors (Lipinski definition) is 4. The molecule has 0 aromatic heterocycles. The molecular weight excluding hydrogens is 441 g/mol. The van der Waals surface area contributed by atoms with Gasteiger partial charge in [0.1, 0.15) is 0 Å². The van der Waals surface area contributed by atoms with Crippen LogP contribution in [0, 0.1) is 0 Å². The second-order valence-corrected chi connectivity index (χ2v) is 5.53. The van der Waals surface area contributed by atoms with Crippen molar-refractivity contribution >= 4 is 10.0 Å². The van der Waals surface area contributed by atoms with E-state index in [2.05, 4.69) is 5.14 Å². The normalized spacial score (nSPS) is 16.8. The molecule has 1 atom stereocenters. The molecule has 0 bridgehead atoms. The van der Waals surface area contributed by atoms with E-state index in [-0.39, 0.29) is 0 Å². The zero-order valence-electron chi connectivity index (χ0n) is 11.0. The van der Waals surface area contributed by atoms with E-state index in [0.717, 1.165) is 0 Å². The Hall–Kier alpha value is -1.50. The number of rotatable bonds is 7. The highest BCUT2D eigenvalue weighted by Gasteiger charge is 2.82. The number of alkyl halides is 10. The van der Waals surface area contributed by atoms with E-state index in [0.29, 0.717) is 0 Å². The Kier molecular flexibility index (Phi) is 6.21. The average molecular weight is 443 g/mol. The molecule has 0 aliphatic heterocycles. The van der Waals surface area contributed by atoms with Gasteiger partial charge in [-0.05, 0) is 0 Å². The summed E-state index contributed by atoms with van der Waals surface area (Å²) in [4.78, 5) is 0. The second kappa shape index (κ2) is 6.59. The first-order chi connectivity index (χ1) is 11.0. The summed E-state index contributed by atoms with van der Waals surface area (Å²) in [5.74, 6) is -7.45. The van der Waals surface area contributed by atoms with E-state index in [1.54, 1.807) is 4.74 Å². The van der Waals surface area contributed by atoms with Gasteiger partial charge in [-0.2, -0.15) is 57.1 Å². The topological polar surface area (TPSA) is 78.6 Å². The van der Waals surface area contributed by atoms with Crippen molar-refractivity contribution in [2.45, 2.75) is 29.5 Å². The van der Waals surface area contributed by atoms with Crippen LogP contribution < -0.4 is 5.14 Å². The lowest BCUT2D eigenvalue weighted by Crippen LogP contribution is -2.64. The molecule has 1 unspecified atom stereocenters. The monoisotopic (exact) mass is 443 g/mol. The molecule has 0 heterocycles. The van der Waals surface area contributed by atoms with Crippen LogP contribution in [-0.2, 0) is 19.5 Å². The van der Waals surface area contributed by atoms with Crippen molar-refractivity contribution in [2.24, 2.45) is 5.14 Å². The lowest BCUT2D eigenvalue weighted by Gasteiger charge is -2.36. The van der Waals surface area contributed by atoms with Crippen LogP contribution in [0.4, 0.5) is 57.1 Å². The van der Waals surface area contributed by atoms with Crippen molar-refractivity contribution in [1.29, 1.82) is 0 Å². The van der Waals surface area contributed by atoms with Gasteiger partial charge in [-0.25, -0.2) is 13.6 Å². The highest BCUT2D eigenvalue weighted by molar-refractivity contribution is 7.90. The summed E-state index contributed by atoms with van der Waals surface area (Å²) in [5, 5.41) is -3.40. The summed E-state index contributed by atoms with van der Waals surface area (Å²) in [5.41, 5.74) is 0. The van der Waals surface area contributed by atoms with Crippen LogP contribution in [0.15, 0.2) is 12.1 Å². The van der Waals surface area contributed by atoms with E-state index >= 15 is 0 Å². The number of halogens is 13. The van der Waals surface area contributed by atoms with Gasteiger partial charge < -0.3 is 4.74 Å². The summed E-state index contributed by atoms with van der Waals surface area (Å²) in [6.45, 7) is 0. The Morgan fingerprint density at radius 1 is 0.769 bits per heavy atom. The van der Waals surface area contributed by atoms with Crippen molar-refractivity contribution < 1.29 is 75.0 Å². The third-order valence-corrected chi connectivity index (χ3v) is 3.02. The summed E-state index contributed by atoms with van der Waals surface area (Å²) in [6.07, 6.45) is -25.9. The maximum Gasteiger partial charge on any atom is 0.471 e. The molecule has 0 aliphatic carbocycles. The smallest absolute Gasteiger partial charge is 0.398 e. The predicted molar refractivity (Wildman–Crippen MR) is 50.4 cm³/mol. The van der Waals surface area contributed by atoms with E-state index in [1.165, 1.54) is 0 Å². The molecule has 5 nitrogen and oxygen atoms in total. The van der Waals surface area contributed by atoms with Gasteiger partial charge in [0.25, 0.3) is 10.0 Å². The first kappa shape index (κ1) is 24.5. The quantitative estimate of drug-likeness (QED) is 0.484. The first-order valence-corrected chi connectivity index (χ1v) is 6.59. The Bertz CT molecular complexity index is 666. The molecular formula is C7H2F13NO4S. The van der Waals surface area contributed by atoms with Gasteiger partial charge >= 0.3 is 41.6 Å². The standard InChI is InChI=1S/C7H2F13NO4S/c8-1(9)2(10)24-5(15,16)3(11,4(12,13)14)25-6(17,18)7(19,20)26(21,22)23/h(H2,21,22,23). The Morgan fingerprint density at radius 2 is 1.15 bits per heavy atom. The fraction of sp³-hybridized carbons (Fsp3) is 0.714. The minimum atomic E-state index is -7.48. The van der Waals surface area contributed by atoms with Crippen molar-refractivity contribution in [2.75, 3.05) is 0 Å². The molecule has 0 fully saturated rings. The number of nitrogens with two attached hydrogens (primary N) is 1. The zero-order chi connectivity index (χ0) is 21.6. The van der Waals surface area contributed by atoms with Crippen LogP contribution in [0.3, 0.4) is 0 Å². The van der Waals surface area contributed by atoms with Gasteiger partial charge in [0.05, 0.1) is 0 Å². The molecule has 0 aliphatic rings. The van der Waals surface area contributed by atoms with Crippen LogP contribution >= 0.6 is 0 Å². The molecule has 0 saturated carbocycles. The molecule has 26 heavy (non-hydrogen) atoms. The number of primary sulfonamides is 1. The molecule has 0 radical (unpaired) electrons. The van der Waals surface area contributed by atoms with Gasteiger partial charge in [0.2, 0.25) is 0 Å². The molecule has 0 spiro atoms. The average Bonchev–Trinajstić information content (AvgIpc) is 2.34. The van der Waals surface area contributed by atoms with Crippen molar-refractivity contribution in [3.63, 3.8) is 0 Å². The van der Waals surface area contributed by atoms with Crippen LogP contribution in [0.5, 0.6) is 0 Å². The molecule has 2 N–H and O–H groups in total. The van der Waals surface area contributed by atoms with E-state index < -0.39 is 51.6 Å². The van der Waals surface area contributed by atoms with E-state index in [1.807, 2.05) is 4.74 Å². The minimum Gasteiger partial charge on any atom is -0.398 e. The van der Waals surface area contributed by atoms with Crippen molar-refractivity contribution in [1.82, 2.24) is 0 Å². The lowest BCUT2D eigenvalue weighted by molar-refractivity contribution is -0.510. The summed E-state index contributed by atoms with van der Waals surface area (Å²) < 4.78 is 187. The maximum absolute atomic E-state index is 13.4. The van der Waals surface area contributed by atoms with Gasteiger partial charge in [0.15, 0.2) is 0 Å². The number of hydrogen-bond donors (Lipinski definition) is 1. The number of ether oxygens (including phenoxy) is 2. The molecule has 0 aromatic carbocycles. The zero-order valence-corrected chi connectivity index (χ0v) is 11.8. The predicted octanol–water partition coefficient (Wildman–Crippen LogP) is 3.35. The van der Waals surface area contributed by atoms with Crippen molar-refractivity contribution in [3.8, 4) is 0 Å². The summed E-state index contributed by atoms with van der Waals surface area (Å²) >= 11 is 0. The Morgan fingerprint density at radius 3 is 1.42 bits per heavy atom. The van der Waals surface area contributed by atoms with Crippen LogP contribution in [-0.4, -0.2) is 37.9 Å². The van der Waals surface area contributed by atoms with Crippen LogP contribution in [0.25, 0.3) is 0 Å². The van der Waals surface area contributed by atoms with Gasteiger partial charge in [-0.3, -0.25) is 4.74 Å². The molecule has 19 heteroatoms. The molecule has 0 amide bonds. The van der Waals surface area contributed by atoms with Gasteiger partial charge in [-0.1, -0.05) is 0 Å². The number of sulfonamides is 1. The molecule has 156 valence electrons. The van der Waals surface area contributed by atoms with E-state index in [9.17, 15) is 65.5 Å².